The number of likely N-dealkylation sites (tertiary alicyclic amines) is 2. The highest BCUT2D eigenvalue weighted by Gasteiger charge is 2.49. The maximum Gasteiger partial charge on any atom is 0.251 e. The number of rotatable bonds is 4. The van der Waals surface area contributed by atoms with Gasteiger partial charge in [-0.05, 0) is 57.0 Å². The number of amides is 3. The van der Waals surface area contributed by atoms with Gasteiger partial charge in [0.15, 0.2) is 0 Å². The summed E-state index contributed by atoms with van der Waals surface area (Å²) in [6.07, 6.45) is 4.78. The molecule has 3 fully saturated rings. The normalized spacial score (nSPS) is 26.1. The van der Waals surface area contributed by atoms with Crippen molar-refractivity contribution in [3.05, 3.63) is 28.7 Å². The maximum atomic E-state index is 13.1. The fraction of sp³-hybridized carbons (Fsp3) is 0.571. The maximum absolute atomic E-state index is 13.1. The van der Waals surface area contributed by atoms with Crippen LogP contribution in [-0.2, 0) is 14.4 Å². The van der Waals surface area contributed by atoms with Gasteiger partial charge in [0.2, 0.25) is 11.8 Å². The molecule has 3 aliphatic rings. The van der Waals surface area contributed by atoms with Gasteiger partial charge in [0.1, 0.15) is 5.54 Å². The molecule has 0 aromatic heterocycles. The Morgan fingerprint density at radius 1 is 1.07 bits per heavy atom. The third-order valence-electron chi connectivity index (χ3n) is 6.68. The lowest BCUT2D eigenvalue weighted by Gasteiger charge is -2.48. The van der Waals surface area contributed by atoms with Crippen LogP contribution in [0.25, 0.3) is 0 Å². The van der Waals surface area contributed by atoms with Crippen LogP contribution in [0.5, 0.6) is 0 Å². The fourth-order valence-corrected chi connectivity index (χ4v) is 5.42. The third kappa shape index (κ3) is 3.73. The zero-order valence-electron chi connectivity index (χ0n) is 16.5. The Hall–Kier alpha value is -1.77. The highest BCUT2D eigenvalue weighted by Crippen LogP contribution is 2.35. The molecule has 2 N–H and O–H groups in total. The number of hydrogen-bond acceptors (Lipinski definition) is 5. The summed E-state index contributed by atoms with van der Waals surface area (Å²) in [4.78, 5) is 43.7. The predicted octanol–water partition coefficient (Wildman–Crippen LogP) is 1.89. The summed E-state index contributed by atoms with van der Waals surface area (Å²) in [5, 5.41) is 0. The number of carbonyl (C=O) groups is 3. The zero-order valence-corrected chi connectivity index (χ0v) is 18.1. The first-order valence-electron chi connectivity index (χ1n) is 10.3. The van der Waals surface area contributed by atoms with Gasteiger partial charge in [-0.3, -0.25) is 24.2 Å². The van der Waals surface area contributed by atoms with Gasteiger partial charge in [-0.25, -0.2) is 4.90 Å². The molecule has 29 heavy (non-hydrogen) atoms. The smallest absolute Gasteiger partial charge is 0.251 e. The van der Waals surface area contributed by atoms with Crippen molar-refractivity contribution in [1.29, 1.82) is 0 Å². The molecule has 8 heteroatoms. The van der Waals surface area contributed by atoms with Gasteiger partial charge < -0.3 is 5.73 Å². The summed E-state index contributed by atoms with van der Waals surface area (Å²) in [5.41, 5.74) is 5.83. The molecule has 0 unspecified atom stereocenters. The molecule has 4 rings (SSSR count). The summed E-state index contributed by atoms with van der Waals surface area (Å²) in [5.74, 6) is -0.623. The number of carbonyl (C=O) groups excluding carboxylic acids is 3. The minimum absolute atomic E-state index is 0.179. The Kier molecular flexibility index (Phi) is 5.77. The van der Waals surface area contributed by atoms with Gasteiger partial charge in [0, 0.05) is 17.6 Å². The van der Waals surface area contributed by atoms with E-state index < -0.39 is 11.6 Å². The Balaban J connectivity index is 1.47. The van der Waals surface area contributed by atoms with Gasteiger partial charge in [0.05, 0.1) is 18.2 Å². The Bertz CT molecular complexity index is 816. The molecule has 3 saturated heterocycles. The Morgan fingerprint density at radius 3 is 2.38 bits per heavy atom. The van der Waals surface area contributed by atoms with Crippen LogP contribution in [0, 0.1) is 0 Å². The van der Waals surface area contributed by atoms with E-state index >= 15 is 0 Å². The van der Waals surface area contributed by atoms with Gasteiger partial charge in [0.25, 0.3) is 5.91 Å². The van der Waals surface area contributed by atoms with E-state index in [-0.39, 0.29) is 24.1 Å². The quantitative estimate of drug-likeness (QED) is 0.690. The number of piperidine rings is 2. The second-order valence-electron chi connectivity index (χ2n) is 8.25. The average Bonchev–Trinajstić information content (AvgIpc) is 3.02. The number of imide groups is 1. The van der Waals surface area contributed by atoms with Crippen molar-refractivity contribution < 1.29 is 14.4 Å². The van der Waals surface area contributed by atoms with E-state index in [1.54, 1.807) is 12.1 Å². The minimum atomic E-state index is -0.618. The Labute approximate surface area is 179 Å². The molecule has 156 valence electrons. The average molecular weight is 463 g/mol. The van der Waals surface area contributed by atoms with E-state index in [4.69, 9.17) is 5.73 Å². The molecular weight excluding hydrogens is 436 g/mol. The van der Waals surface area contributed by atoms with Crippen molar-refractivity contribution in [1.82, 2.24) is 9.80 Å². The number of nitrogens with zero attached hydrogens (tertiary/aromatic N) is 3. The molecule has 0 saturated carbocycles. The minimum Gasteiger partial charge on any atom is -0.368 e. The third-order valence-corrected chi connectivity index (χ3v) is 7.17. The first-order valence-corrected chi connectivity index (χ1v) is 11.1. The summed E-state index contributed by atoms with van der Waals surface area (Å²) >= 11 is 3.40. The molecule has 1 atom stereocenters. The van der Waals surface area contributed by atoms with Crippen LogP contribution in [0.1, 0.15) is 38.5 Å². The first kappa shape index (κ1) is 20.5. The van der Waals surface area contributed by atoms with Crippen molar-refractivity contribution in [2.24, 2.45) is 5.73 Å². The van der Waals surface area contributed by atoms with Crippen LogP contribution < -0.4 is 10.6 Å². The van der Waals surface area contributed by atoms with Crippen molar-refractivity contribution >= 4 is 39.3 Å². The molecule has 7 nitrogen and oxygen atoms in total. The highest BCUT2D eigenvalue weighted by atomic mass is 79.9. The fourth-order valence-electron chi connectivity index (χ4n) is 5.03. The van der Waals surface area contributed by atoms with Gasteiger partial charge >= 0.3 is 0 Å². The molecular formula is C21H27BrN4O3. The molecule has 0 radical (unpaired) electrons. The zero-order chi connectivity index (χ0) is 20.6. The van der Waals surface area contributed by atoms with E-state index in [9.17, 15) is 14.4 Å². The highest BCUT2D eigenvalue weighted by molar-refractivity contribution is 9.10. The van der Waals surface area contributed by atoms with Crippen LogP contribution >= 0.6 is 15.9 Å². The number of hydrogen-bond donors (Lipinski definition) is 1. The topological polar surface area (TPSA) is 87.0 Å². The van der Waals surface area contributed by atoms with Gasteiger partial charge in [-0.1, -0.05) is 28.4 Å². The van der Waals surface area contributed by atoms with Crippen molar-refractivity contribution in [2.45, 2.75) is 50.1 Å². The van der Waals surface area contributed by atoms with E-state index in [1.807, 2.05) is 12.1 Å². The Morgan fingerprint density at radius 2 is 1.76 bits per heavy atom. The van der Waals surface area contributed by atoms with E-state index in [2.05, 4.69) is 25.7 Å². The van der Waals surface area contributed by atoms with Crippen LogP contribution in [0.2, 0.25) is 0 Å². The number of benzene rings is 1. The van der Waals surface area contributed by atoms with Crippen molar-refractivity contribution in [2.75, 3.05) is 31.1 Å². The summed E-state index contributed by atoms with van der Waals surface area (Å²) in [6, 6.07) is 6.76. The predicted molar refractivity (Wildman–Crippen MR) is 113 cm³/mol. The largest absolute Gasteiger partial charge is 0.368 e. The second-order valence-corrected chi connectivity index (χ2v) is 9.16. The number of halogens is 1. The molecule has 1 aromatic rings. The van der Waals surface area contributed by atoms with E-state index in [1.165, 1.54) is 11.3 Å². The molecule has 3 heterocycles. The van der Waals surface area contributed by atoms with Crippen LogP contribution in [0.15, 0.2) is 28.7 Å². The summed E-state index contributed by atoms with van der Waals surface area (Å²) < 4.78 is 0.824. The van der Waals surface area contributed by atoms with Crippen LogP contribution in [0.3, 0.4) is 0 Å². The second kappa shape index (κ2) is 8.16. The molecule has 0 aliphatic carbocycles. The molecule has 0 spiro atoms. The summed E-state index contributed by atoms with van der Waals surface area (Å²) in [7, 11) is 0. The summed E-state index contributed by atoms with van der Waals surface area (Å²) in [6.45, 7) is 2.99. The first-order chi connectivity index (χ1) is 13.9. The van der Waals surface area contributed by atoms with E-state index in [0.717, 1.165) is 30.4 Å². The SMILES string of the molecule is NC(=O)C1(N2CCCCC2)CCN([C@H]2CC(=O)N(c3cccc(Br)c3)C2=O)CC1. The van der Waals surface area contributed by atoms with Crippen LogP contribution in [-0.4, -0.2) is 65.3 Å². The molecule has 0 bridgehead atoms. The van der Waals surface area contributed by atoms with Crippen LogP contribution in [0.4, 0.5) is 5.69 Å². The monoisotopic (exact) mass is 462 g/mol. The lowest BCUT2D eigenvalue weighted by Crippen LogP contribution is -2.64. The lowest BCUT2D eigenvalue weighted by molar-refractivity contribution is -0.136. The molecule has 3 amide bonds. The lowest BCUT2D eigenvalue weighted by atomic mass is 9.83. The van der Waals surface area contributed by atoms with Gasteiger partial charge in [-0.2, -0.15) is 0 Å². The molecule has 3 aliphatic heterocycles. The molecule has 1 aromatic carbocycles. The van der Waals surface area contributed by atoms with Gasteiger partial charge in [-0.15, -0.1) is 0 Å². The van der Waals surface area contributed by atoms with Crippen molar-refractivity contribution in [3.63, 3.8) is 0 Å². The number of primary amides is 1. The number of nitrogens with two attached hydrogens (primary N) is 1. The number of anilines is 1. The van der Waals surface area contributed by atoms with E-state index in [0.29, 0.717) is 31.6 Å². The van der Waals surface area contributed by atoms with Crippen molar-refractivity contribution in [3.8, 4) is 0 Å². The standard InChI is InChI=1S/C21H27BrN4O3/c22-15-5-4-6-16(13-15)26-18(27)14-17(19(26)28)24-11-7-21(8-12-24,20(23)29)25-9-2-1-3-10-25/h4-6,13,17H,1-3,7-12,14H2,(H2,23,29)/t17-/m0/s1.